The van der Waals surface area contributed by atoms with Crippen LogP contribution >= 0.6 is 0 Å². The van der Waals surface area contributed by atoms with Crippen molar-refractivity contribution >= 4 is 17.0 Å². The van der Waals surface area contributed by atoms with Crippen molar-refractivity contribution in [3.63, 3.8) is 0 Å². The highest BCUT2D eigenvalue weighted by molar-refractivity contribution is 6.02. The summed E-state index contributed by atoms with van der Waals surface area (Å²) in [7, 11) is 1.36. The maximum Gasteiger partial charge on any atom is 0.441 e. The van der Waals surface area contributed by atoms with E-state index in [9.17, 15) is 9.59 Å². The van der Waals surface area contributed by atoms with Crippen molar-refractivity contribution in [3.05, 3.63) is 88.4 Å². The molecule has 5 aromatic rings. The molecule has 0 aliphatic carbocycles. The number of hydrogen-bond donors (Lipinski definition) is 0. The fraction of sp³-hybridized carbons (Fsp3) is 0.214. The number of imidazole rings is 1. The topological polar surface area (TPSA) is 101 Å². The van der Waals surface area contributed by atoms with Crippen LogP contribution in [-0.4, -0.2) is 39.0 Å². The number of carbonyl (C=O) groups is 1. The molecule has 0 radical (unpaired) electrons. The number of ether oxygens (including phenoxy) is 2. The Hall–Kier alpha value is -4.66. The third-order valence-corrected chi connectivity index (χ3v) is 6.19. The number of esters is 1. The molecule has 0 fully saturated rings. The van der Waals surface area contributed by atoms with Crippen molar-refractivity contribution in [2.75, 3.05) is 13.7 Å². The first-order valence-electron chi connectivity index (χ1n) is 12.0. The smallest absolute Gasteiger partial charge is 0.441 e. The minimum absolute atomic E-state index is 0.429. The summed E-state index contributed by atoms with van der Waals surface area (Å²) >= 11 is 0. The molecule has 2 aromatic heterocycles. The van der Waals surface area contributed by atoms with Gasteiger partial charge in [-0.05, 0) is 42.7 Å². The van der Waals surface area contributed by atoms with Crippen LogP contribution in [0.15, 0.2) is 76.0 Å². The third kappa shape index (κ3) is 4.40. The second kappa shape index (κ2) is 10.1. The van der Waals surface area contributed by atoms with Crippen molar-refractivity contribution in [2.45, 2.75) is 26.9 Å². The van der Waals surface area contributed by atoms with Crippen molar-refractivity contribution in [3.8, 4) is 28.5 Å². The van der Waals surface area contributed by atoms with E-state index in [-0.39, 0.29) is 0 Å². The maximum absolute atomic E-state index is 12.5. The minimum atomic E-state index is -0.480. The van der Waals surface area contributed by atoms with Gasteiger partial charge in [-0.1, -0.05) is 59.8 Å². The van der Waals surface area contributed by atoms with E-state index in [0.717, 1.165) is 22.3 Å². The predicted molar refractivity (Wildman–Crippen MR) is 139 cm³/mol. The summed E-state index contributed by atoms with van der Waals surface area (Å²) in [6, 6.07) is 21.6. The summed E-state index contributed by atoms with van der Waals surface area (Å²) in [6.07, 6.45) is 0. The van der Waals surface area contributed by atoms with E-state index in [1.807, 2.05) is 73.0 Å². The van der Waals surface area contributed by atoms with E-state index in [1.54, 1.807) is 12.1 Å². The van der Waals surface area contributed by atoms with Crippen LogP contribution < -0.4 is 10.5 Å². The molecular weight excluding hydrogens is 472 g/mol. The Labute approximate surface area is 212 Å². The van der Waals surface area contributed by atoms with Gasteiger partial charge < -0.3 is 9.47 Å². The molecular formula is C28H26N4O5. The molecule has 0 amide bonds. The molecule has 188 valence electrons. The van der Waals surface area contributed by atoms with Gasteiger partial charge in [-0.2, -0.15) is 4.98 Å². The van der Waals surface area contributed by atoms with E-state index in [4.69, 9.17) is 14.0 Å². The van der Waals surface area contributed by atoms with Gasteiger partial charge >= 0.3 is 11.7 Å². The number of nitrogens with zero attached hydrogens (tertiary/aromatic N) is 4. The largest absolute Gasteiger partial charge is 0.465 e. The lowest BCUT2D eigenvalue weighted by Gasteiger charge is -2.13. The first kappa shape index (κ1) is 24.1. The summed E-state index contributed by atoms with van der Waals surface area (Å²) in [4.78, 5) is 29.1. The van der Waals surface area contributed by atoms with Crippen LogP contribution in [0.1, 0.15) is 29.8 Å². The SMILES string of the molecule is CCOc1nc2cccc(C(=O)OC)c2n1Cc1ccc(-c2ccccc2-c2noc(=O)n2CC)cc1. The molecule has 3 aromatic carbocycles. The highest BCUT2D eigenvalue weighted by Crippen LogP contribution is 2.32. The monoisotopic (exact) mass is 498 g/mol. The molecule has 0 aliphatic rings. The molecule has 0 saturated heterocycles. The fourth-order valence-corrected chi connectivity index (χ4v) is 4.47. The molecule has 0 unspecified atom stereocenters. The van der Waals surface area contributed by atoms with E-state index in [2.05, 4.69) is 10.1 Å². The quantitative estimate of drug-likeness (QED) is 0.284. The van der Waals surface area contributed by atoms with Gasteiger partial charge in [0.2, 0.25) is 0 Å². The summed E-state index contributed by atoms with van der Waals surface area (Å²) in [5.41, 5.74) is 5.45. The molecule has 2 heterocycles. The highest BCUT2D eigenvalue weighted by Gasteiger charge is 2.20. The Bertz CT molecular complexity index is 1630. The molecule has 5 rings (SSSR count). The van der Waals surface area contributed by atoms with Gasteiger partial charge in [-0.15, -0.1) is 0 Å². The normalized spacial score (nSPS) is 11.1. The first-order chi connectivity index (χ1) is 18.0. The molecule has 0 spiro atoms. The Kier molecular flexibility index (Phi) is 6.59. The van der Waals surface area contributed by atoms with E-state index in [1.165, 1.54) is 11.7 Å². The van der Waals surface area contributed by atoms with Crippen molar-refractivity contribution in [2.24, 2.45) is 0 Å². The van der Waals surface area contributed by atoms with E-state index >= 15 is 0 Å². The number of para-hydroxylation sites is 1. The van der Waals surface area contributed by atoms with Gasteiger partial charge in [-0.25, -0.2) is 9.59 Å². The molecule has 37 heavy (non-hydrogen) atoms. The number of benzene rings is 3. The van der Waals surface area contributed by atoms with Crippen LogP contribution in [0.2, 0.25) is 0 Å². The van der Waals surface area contributed by atoms with Crippen LogP contribution in [0.5, 0.6) is 6.01 Å². The zero-order chi connectivity index (χ0) is 25.9. The Morgan fingerprint density at radius 3 is 2.41 bits per heavy atom. The Balaban J connectivity index is 1.53. The van der Waals surface area contributed by atoms with Crippen LogP contribution in [0.3, 0.4) is 0 Å². The number of carbonyl (C=O) groups excluding carboxylic acids is 1. The molecule has 0 N–H and O–H groups in total. The maximum atomic E-state index is 12.5. The second-order valence-electron chi connectivity index (χ2n) is 8.34. The number of rotatable bonds is 8. The minimum Gasteiger partial charge on any atom is -0.465 e. The standard InChI is InChI=1S/C28H26N4O5/c1-4-31-25(30-37-28(31)34)21-10-7-6-9-20(21)19-15-13-18(14-16-19)17-32-24-22(26(33)35-3)11-8-12-23(24)29-27(32)36-5-2/h6-16H,4-5,17H2,1-3H3. The van der Waals surface area contributed by atoms with Gasteiger partial charge in [0.1, 0.15) is 0 Å². The first-order valence-corrected chi connectivity index (χ1v) is 12.0. The lowest BCUT2D eigenvalue weighted by Crippen LogP contribution is -2.13. The second-order valence-corrected chi connectivity index (χ2v) is 8.34. The third-order valence-electron chi connectivity index (χ3n) is 6.19. The Morgan fingerprint density at radius 2 is 1.70 bits per heavy atom. The average molecular weight is 499 g/mol. The molecule has 0 saturated carbocycles. The lowest BCUT2D eigenvalue weighted by atomic mass is 9.98. The number of fused-ring (bicyclic) bond motifs is 1. The van der Waals surface area contributed by atoms with Crippen LogP contribution in [-0.2, 0) is 17.8 Å². The number of aromatic nitrogens is 4. The van der Waals surface area contributed by atoms with E-state index in [0.29, 0.717) is 48.1 Å². The molecule has 9 nitrogen and oxygen atoms in total. The summed E-state index contributed by atoms with van der Waals surface area (Å²) in [5.74, 6) is -0.416. The average Bonchev–Trinajstić information content (AvgIpc) is 3.48. The van der Waals surface area contributed by atoms with Gasteiger partial charge in [0.05, 0.1) is 36.9 Å². The van der Waals surface area contributed by atoms with Crippen LogP contribution in [0, 0.1) is 0 Å². The zero-order valence-corrected chi connectivity index (χ0v) is 20.8. The molecule has 0 aliphatic heterocycles. The molecule has 9 heteroatoms. The zero-order valence-electron chi connectivity index (χ0n) is 20.8. The van der Waals surface area contributed by atoms with E-state index < -0.39 is 11.7 Å². The summed E-state index contributed by atoms with van der Waals surface area (Å²) < 4.78 is 19.1. The lowest BCUT2D eigenvalue weighted by molar-refractivity contribution is 0.0602. The van der Waals surface area contributed by atoms with Gasteiger partial charge in [0.15, 0.2) is 5.82 Å². The molecule has 0 bridgehead atoms. The van der Waals surface area contributed by atoms with Gasteiger partial charge in [0.25, 0.3) is 6.01 Å². The van der Waals surface area contributed by atoms with Gasteiger partial charge in [-0.3, -0.25) is 13.7 Å². The Morgan fingerprint density at radius 1 is 0.946 bits per heavy atom. The number of hydrogen-bond acceptors (Lipinski definition) is 7. The van der Waals surface area contributed by atoms with Crippen LogP contribution in [0.25, 0.3) is 33.5 Å². The number of methoxy groups -OCH3 is 1. The van der Waals surface area contributed by atoms with Gasteiger partial charge in [0, 0.05) is 12.1 Å². The van der Waals surface area contributed by atoms with Crippen molar-refractivity contribution < 1.29 is 18.8 Å². The summed E-state index contributed by atoms with van der Waals surface area (Å²) in [5, 5.41) is 4.01. The van der Waals surface area contributed by atoms with Crippen LogP contribution in [0.4, 0.5) is 0 Å². The molecule has 0 atom stereocenters. The van der Waals surface area contributed by atoms with Crippen molar-refractivity contribution in [1.29, 1.82) is 0 Å². The highest BCUT2D eigenvalue weighted by atomic mass is 16.5. The summed E-state index contributed by atoms with van der Waals surface area (Å²) in [6.45, 7) is 5.11. The van der Waals surface area contributed by atoms with Crippen molar-refractivity contribution in [1.82, 2.24) is 19.3 Å². The fourth-order valence-electron chi connectivity index (χ4n) is 4.47. The predicted octanol–water partition coefficient (Wildman–Crippen LogP) is 4.77.